The van der Waals surface area contributed by atoms with Crippen molar-refractivity contribution in [2.24, 2.45) is 11.8 Å². The lowest BCUT2D eigenvalue weighted by molar-refractivity contribution is -0.127. The third-order valence-electron chi connectivity index (χ3n) is 6.03. The molecule has 2 bridgehead atoms. The number of carbonyl (C=O) groups is 1. The molecule has 2 unspecified atom stereocenters. The van der Waals surface area contributed by atoms with E-state index in [1.54, 1.807) is 0 Å². The fourth-order valence-corrected chi connectivity index (χ4v) is 4.50. The Kier molecular flexibility index (Phi) is 5.53. The van der Waals surface area contributed by atoms with E-state index in [1.807, 2.05) is 35.0 Å². The summed E-state index contributed by atoms with van der Waals surface area (Å²) in [6, 6.07) is 10.2. The van der Waals surface area contributed by atoms with Crippen molar-refractivity contribution in [1.29, 1.82) is 0 Å². The molecule has 3 aliphatic rings. The molecule has 1 aromatic carbocycles. The van der Waals surface area contributed by atoms with Gasteiger partial charge in [0.25, 0.3) is 0 Å². The summed E-state index contributed by atoms with van der Waals surface area (Å²) in [4.78, 5) is 15.2. The van der Waals surface area contributed by atoms with Gasteiger partial charge in [-0.2, -0.15) is 0 Å². The lowest BCUT2D eigenvalue weighted by Gasteiger charge is -2.49. The van der Waals surface area contributed by atoms with E-state index in [-0.39, 0.29) is 11.8 Å². The van der Waals surface area contributed by atoms with E-state index in [0.717, 1.165) is 56.7 Å². The molecule has 3 fully saturated rings. The lowest BCUT2D eigenvalue weighted by atomic mass is 9.75. The van der Waals surface area contributed by atoms with Crippen LogP contribution in [0.5, 0.6) is 0 Å². The molecule has 3 saturated heterocycles. The van der Waals surface area contributed by atoms with Gasteiger partial charge in [0, 0.05) is 24.5 Å². The average Bonchev–Trinajstić information content (AvgIpc) is 3.15. The highest BCUT2D eigenvalue weighted by Crippen LogP contribution is 2.37. The van der Waals surface area contributed by atoms with Crippen molar-refractivity contribution >= 4 is 11.6 Å². The number of aromatic nitrogens is 3. The van der Waals surface area contributed by atoms with Crippen molar-refractivity contribution in [2.75, 3.05) is 18.4 Å². The minimum absolute atomic E-state index is 0.0890. The van der Waals surface area contributed by atoms with Crippen LogP contribution in [0.25, 0.3) is 0 Å². The Labute approximate surface area is 160 Å². The zero-order chi connectivity index (χ0) is 18.6. The van der Waals surface area contributed by atoms with Crippen molar-refractivity contribution in [3.05, 3.63) is 42.2 Å². The summed E-state index contributed by atoms with van der Waals surface area (Å²) in [6.45, 7) is 5.01. The van der Waals surface area contributed by atoms with Gasteiger partial charge < -0.3 is 5.32 Å². The molecule has 0 radical (unpaired) electrons. The second-order valence-corrected chi connectivity index (χ2v) is 7.93. The van der Waals surface area contributed by atoms with Crippen LogP contribution in [-0.2, 0) is 17.8 Å². The lowest BCUT2D eigenvalue weighted by Crippen LogP contribution is -2.57. The van der Waals surface area contributed by atoms with Crippen molar-refractivity contribution in [2.45, 2.75) is 51.6 Å². The van der Waals surface area contributed by atoms with Crippen LogP contribution in [0.1, 0.15) is 38.3 Å². The normalized spacial score (nSPS) is 26.9. The molecule has 4 heterocycles. The topological polar surface area (TPSA) is 63.1 Å². The van der Waals surface area contributed by atoms with Gasteiger partial charge in [0.2, 0.25) is 5.91 Å². The number of aryl methyl sites for hydroxylation is 1. The highest BCUT2D eigenvalue weighted by molar-refractivity contribution is 5.93. The van der Waals surface area contributed by atoms with Crippen LogP contribution in [0.3, 0.4) is 0 Å². The number of unbranched alkanes of at least 4 members (excludes halogenated alkanes) is 1. The largest absolute Gasteiger partial charge is 0.326 e. The van der Waals surface area contributed by atoms with Crippen LogP contribution in [0.2, 0.25) is 0 Å². The number of nitrogens with zero attached hydrogens (tertiary/aromatic N) is 4. The van der Waals surface area contributed by atoms with Gasteiger partial charge in [-0.1, -0.05) is 36.8 Å². The molecule has 4 atom stereocenters. The smallest absolute Gasteiger partial charge is 0.229 e. The number of fused-ring (bicyclic) bond motifs is 3. The minimum atomic E-state index is 0.0890. The molecule has 2 aromatic rings. The van der Waals surface area contributed by atoms with Crippen LogP contribution >= 0.6 is 0 Å². The number of benzene rings is 1. The third-order valence-corrected chi connectivity index (χ3v) is 6.03. The molecule has 3 aliphatic heterocycles. The van der Waals surface area contributed by atoms with E-state index in [9.17, 15) is 4.79 Å². The Morgan fingerprint density at radius 2 is 2.15 bits per heavy atom. The Bertz CT molecular complexity index is 759. The summed E-state index contributed by atoms with van der Waals surface area (Å²) in [5.41, 5.74) is 1.98. The number of para-hydroxylation sites is 1. The predicted octanol–water partition coefficient (Wildman–Crippen LogP) is 2.97. The van der Waals surface area contributed by atoms with Gasteiger partial charge in [0.05, 0.1) is 18.2 Å². The first-order valence-corrected chi connectivity index (χ1v) is 10.2. The highest BCUT2D eigenvalue weighted by atomic mass is 16.2. The summed E-state index contributed by atoms with van der Waals surface area (Å²) in [7, 11) is 0. The molecular weight excluding hydrogens is 338 g/mol. The summed E-state index contributed by atoms with van der Waals surface area (Å²) in [6.07, 6.45) is 7.62. The van der Waals surface area contributed by atoms with Crippen LogP contribution < -0.4 is 5.32 Å². The number of rotatable bonds is 7. The Balaban J connectivity index is 1.34. The Morgan fingerprint density at radius 3 is 2.89 bits per heavy atom. The maximum atomic E-state index is 12.8. The molecule has 0 aliphatic carbocycles. The SMILES string of the molecule is CCCCc1cn(C[C@H]2CC3CCN2C[C@@H]3C(=O)Nc2ccccc2)nn1. The predicted molar refractivity (Wildman–Crippen MR) is 105 cm³/mol. The van der Waals surface area contributed by atoms with Gasteiger partial charge in [-0.3, -0.25) is 14.4 Å². The highest BCUT2D eigenvalue weighted by Gasteiger charge is 2.43. The van der Waals surface area contributed by atoms with Gasteiger partial charge in [-0.05, 0) is 50.3 Å². The summed E-state index contributed by atoms with van der Waals surface area (Å²) in [5.74, 6) is 0.717. The Morgan fingerprint density at radius 1 is 1.30 bits per heavy atom. The average molecular weight is 367 g/mol. The zero-order valence-corrected chi connectivity index (χ0v) is 16.1. The van der Waals surface area contributed by atoms with Crippen LogP contribution in [0.15, 0.2) is 36.5 Å². The van der Waals surface area contributed by atoms with E-state index in [0.29, 0.717) is 12.0 Å². The fraction of sp³-hybridized carbons (Fsp3) is 0.571. The standard InChI is InChI=1S/C21H29N5O/c1-2-3-7-18-13-26(24-23-18)14-19-12-16-10-11-25(19)15-20(16)21(27)22-17-8-5-4-6-9-17/h4-6,8-9,13,16,19-20H,2-3,7,10-12,14-15H2,1H3,(H,22,27)/t16?,19-,20+/m1/s1. The molecular formula is C21H29N5O. The number of amides is 1. The van der Waals surface area contributed by atoms with Crippen molar-refractivity contribution in [1.82, 2.24) is 19.9 Å². The first-order valence-electron chi connectivity index (χ1n) is 10.2. The van der Waals surface area contributed by atoms with Crippen LogP contribution in [0.4, 0.5) is 5.69 Å². The third kappa shape index (κ3) is 4.21. The molecule has 1 aromatic heterocycles. The number of anilines is 1. The number of nitrogens with one attached hydrogen (secondary N) is 1. The van der Waals surface area contributed by atoms with Gasteiger partial charge in [-0.15, -0.1) is 5.10 Å². The Hall–Kier alpha value is -2.21. The van der Waals surface area contributed by atoms with Gasteiger partial charge in [-0.25, -0.2) is 0 Å². The van der Waals surface area contributed by atoms with Crippen LogP contribution in [-0.4, -0.2) is 44.9 Å². The van der Waals surface area contributed by atoms with Crippen molar-refractivity contribution in [3.63, 3.8) is 0 Å². The maximum absolute atomic E-state index is 12.8. The summed E-state index contributed by atoms with van der Waals surface area (Å²) >= 11 is 0. The summed E-state index contributed by atoms with van der Waals surface area (Å²) in [5, 5.41) is 11.7. The number of piperidine rings is 3. The molecule has 0 spiro atoms. The van der Waals surface area contributed by atoms with Crippen molar-refractivity contribution in [3.8, 4) is 0 Å². The maximum Gasteiger partial charge on any atom is 0.229 e. The number of hydrogen-bond donors (Lipinski definition) is 1. The first-order chi connectivity index (χ1) is 13.2. The van der Waals surface area contributed by atoms with Gasteiger partial charge >= 0.3 is 0 Å². The summed E-state index contributed by atoms with van der Waals surface area (Å²) < 4.78 is 2.00. The van der Waals surface area contributed by atoms with E-state index < -0.39 is 0 Å². The molecule has 0 saturated carbocycles. The zero-order valence-electron chi connectivity index (χ0n) is 16.1. The molecule has 5 rings (SSSR count). The molecule has 1 N–H and O–H groups in total. The van der Waals surface area contributed by atoms with E-state index in [1.165, 1.54) is 6.42 Å². The first kappa shape index (κ1) is 18.2. The number of carbonyl (C=O) groups excluding carboxylic acids is 1. The second-order valence-electron chi connectivity index (χ2n) is 7.93. The quantitative estimate of drug-likeness (QED) is 0.817. The monoisotopic (exact) mass is 367 g/mol. The fourth-order valence-electron chi connectivity index (χ4n) is 4.50. The molecule has 144 valence electrons. The second kappa shape index (κ2) is 8.21. The number of hydrogen-bond acceptors (Lipinski definition) is 4. The van der Waals surface area contributed by atoms with E-state index >= 15 is 0 Å². The minimum Gasteiger partial charge on any atom is -0.326 e. The van der Waals surface area contributed by atoms with E-state index in [4.69, 9.17) is 0 Å². The van der Waals surface area contributed by atoms with Gasteiger partial charge in [0.15, 0.2) is 0 Å². The molecule has 6 nitrogen and oxygen atoms in total. The van der Waals surface area contributed by atoms with Crippen LogP contribution in [0, 0.1) is 11.8 Å². The van der Waals surface area contributed by atoms with Crippen molar-refractivity contribution < 1.29 is 4.79 Å². The van der Waals surface area contributed by atoms with E-state index in [2.05, 4.69) is 33.6 Å². The molecule has 1 amide bonds. The molecule has 27 heavy (non-hydrogen) atoms. The molecule has 6 heteroatoms. The van der Waals surface area contributed by atoms with Gasteiger partial charge in [0.1, 0.15) is 0 Å².